The number of hydrogen-bond acceptors (Lipinski definition) is 2. The van der Waals surface area contributed by atoms with Crippen molar-refractivity contribution in [1.82, 2.24) is 5.32 Å². The fourth-order valence-electron chi connectivity index (χ4n) is 2.99. The van der Waals surface area contributed by atoms with E-state index < -0.39 is 0 Å². The van der Waals surface area contributed by atoms with Crippen LogP contribution in [0.5, 0.6) is 5.75 Å². The first kappa shape index (κ1) is 13.4. The van der Waals surface area contributed by atoms with E-state index in [1.165, 1.54) is 37.7 Å². The SMILES string of the molecule is CCCNC1CCCCC1Cc1ccc(O)cc1. The predicted molar refractivity (Wildman–Crippen MR) is 75.9 cm³/mol. The van der Waals surface area contributed by atoms with Crippen molar-refractivity contribution in [2.24, 2.45) is 5.92 Å². The average molecular weight is 247 g/mol. The molecular weight excluding hydrogens is 222 g/mol. The first-order valence-corrected chi connectivity index (χ1v) is 7.31. The summed E-state index contributed by atoms with van der Waals surface area (Å²) in [5.41, 5.74) is 1.35. The molecule has 2 N–H and O–H groups in total. The molecule has 2 atom stereocenters. The lowest BCUT2D eigenvalue weighted by Crippen LogP contribution is -2.39. The molecule has 1 aliphatic carbocycles. The summed E-state index contributed by atoms with van der Waals surface area (Å²) in [4.78, 5) is 0. The molecule has 0 aromatic heterocycles. The molecule has 0 saturated heterocycles. The molecule has 0 amide bonds. The maximum atomic E-state index is 9.32. The van der Waals surface area contributed by atoms with Crippen molar-refractivity contribution in [1.29, 1.82) is 0 Å². The summed E-state index contributed by atoms with van der Waals surface area (Å²) in [5, 5.41) is 13.0. The maximum absolute atomic E-state index is 9.32. The van der Waals surface area contributed by atoms with Crippen LogP contribution in [0.3, 0.4) is 0 Å². The Morgan fingerprint density at radius 2 is 1.89 bits per heavy atom. The monoisotopic (exact) mass is 247 g/mol. The van der Waals surface area contributed by atoms with Crippen LogP contribution < -0.4 is 5.32 Å². The molecule has 2 rings (SSSR count). The smallest absolute Gasteiger partial charge is 0.115 e. The minimum absolute atomic E-state index is 0.364. The van der Waals surface area contributed by atoms with Gasteiger partial charge in [0, 0.05) is 6.04 Å². The minimum atomic E-state index is 0.364. The van der Waals surface area contributed by atoms with Crippen LogP contribution in [0.15, 0.2) is 24.3 Å². The van der Waals surface area contributed by atoms with E-state index >= 15 is 0 Å². The van der Waals surface area contributed by atoms with Crippen molar-refractivity contribution >= 4 is 0 Å². The second kappa shape index (κ2) is 6.79. The van der Waals surface area contributed by atoms with Gasteiger partial charge in [0.1, 0.15) is 5.75 Å². The molecule has 1 saturated carbocycles. The highest BCUT2D eigenvalue weighted by atomic mass is 16.3. The average Bonchev–Trinajstić information content (AvgIpc) is 2.40. The zero-order valence-corrected chi connectivity index (χ0v) is 11.4. The largest absolute Gasteiger partial charge is 0.508 e. The number of rotatable bonds is 5. The Morgan fingerprint density at radius 3 is 2.61 bits per heavy atom. The Balaban J connectivity index is 1.94. The molecule has 100 valence electrons. The Kier molecular flexibility index (Phi) is 5.06. The first-order chi connectivity index (χ1) is 8.79. The summed E-state index contributed by atoms with van der Waals surface area (Å²) < 4.78 is 0. The fraction of sp³-hybridized carbons (Fsp3) is 0.625. The lowest BCUT2D eigenvalue weighted by Gasteiger charge is -2.32. The maximum Gasteiger partial charge on any atom is 0.115 e. The Bertz CT molecular complexity index is 347. The molecule has 1 fully saturated rings. The van der Waals surface area contributed by atoms with Gasteiger partial charge in [0.05, 0.1) is 0 Å². The fourth-order valence-corrected chi connectivity index (χ4v) is 2.99. The van der Waals surface area contributed by atoms with Crippen LogP contribution in [0, 0.1) is 5.92 Å². The third-order valence-corrected chi connectivity index (χ3v) is 4.00. The van der Waals surface area contributed by atoms with E-state index in [-0.39, 0.29) is 0 Å². The predicted octanol–water partition coefficient (Wildman–Crippen LogP) is 3.49. The van der Waals surface area contributed by atoms with Gasteiger partial charge in [0.25, 0.3) is 0 Å². The quantitative estimate of drug-likeness (QED) is 0.834. The molecule has 18 heavy (non-hydrogen) atoms. The van der Waals surface area contributed by atoms with E-state index in [2.05, 4.69) is 24.4 Å². The first-order valence-electron chi connectivity index (χ1n) is 7.31. The highest BCUT2D eigenvalue weighted by molar-refractivity contribution is 5.26. The van der Waals surface area contributed by atoms with Gasteiger partial charge in [-0.25, -0.2) is 0 Å². The van der Waals surface area contributed by atoms with Gasteiger partial charge in [0.2, 0.25) is 0 Å². The summed E-state index contributed by atoms with van der Waals surface area (Å²) in [5.74, 6) is 1.12. The molecule has 1 aliphatic rings. The summed E-state index contributed by atoms with van der Waals surface area (Å²) >= 11 is 0. The zero-order valence-electron chi connectivity index (χ0n) is 11.4. The molecule has 0 spiro atoms. The normalized spacial score (nSPS) is 24.1. The van der Waals surface area contributed by atoms with Crippen molar-refractivity contribution in [3.05, 3.63) is 29.8 Å². The highest BCUT2D eigenvalue weighted by Crippen LogP contribution is 2.28. The van der Waals surface area contributed by atoms with Crippen LogP contribution in [0.2, 0.25) is 0 Å². The van der Waals surface area contributed by atoms with Gasteiger partial charge >= 0.3 is 0 Å². The Labute approximate surface area is 110 Å². The van der Waals surface area contributed by atoms with Gasteiger partial charge in [-0.15, -0.1) is 0 Å². The number of aromatic hydroxyl groups is 1. The van der Waals surface area contributed by atoms with E-state index in [1.807, 2.05) is 0 Å². The van der Waals surface area contributed by atoms with Crippen molar-refractivity contribution in [3.63, 3.8) is 0 Å². The minimum Gasteiger partial charge on any atom is -0.508 e. The second-order valence-electron chi connectivity index (χ2n) is 5.48. The molecule has 0 aliphatic heterocycles. The molecule has 2 unspecified atom stereocenters. The van der Waals surface area contributed by atoms with Crippen LogP contribution >= 0.6 is 0 Å². The molecular formula is C16H25NO. The topological polar surface area (TPSA) is 32.3 Å². The second-order valence-corrected chi connectivity index (χ2v) is 5.48. The number of benzene rings is 1. The number of nitrogens with one attached hydrogen (secondary N) is 1. The van der Waals surface area contributed by atoms with Gasteiger partial charge in [0.15, 0.2) is 0 Å². The molecule has 1 aromatic carbocycles. The zero-order chi connectivity index (χ0) is 12.8. The van der Waals surface area contributed by atoms with Gasteiger partial charge in [-0.1, -0.05) is 31.9 Å². The summed E-state index contributed by atoms with van der Waals surface area (Å²) in [6, 6.07) is 8.40. The molecule has 1 aromatic rings. The van der Waals surface area contributed by atoms with Gasteiger partial charge in [-0.05, 0) is 55.8 Å². The van der Waals surface area contributed by atoms with Crippen LogP contribution in [-0.2, 0) is 6.42 Å². The Morgan fingerprint density at radius 1 is 1.17 bits per heavy atom. The van der Waals surface area contributed by atoms with Crippen molar-refractivity contribution in [3.8, 4) is 5.75 Å². The summed E-state index contributed by atoms with van der Waals surface area (Å²) in [6.45, 7) is 3.36. The van der Waals surface area contributed by atoms with Crippen LogP contribution in [0.25, 0.3) is 0 Å². The molecule has 2 heteroatoms. The molecule has 0 radical (unpaired) electrons. The summed E-state index contributed by atoms with van der Waals surface area (Å²) in [7, 11) is 0. The highest BCUT2D eigenvalue weighted by Gasteiger charge is 2.24. The van der Waals surface area contributed by atoms with Crippen molar-refractivity contribution in [2.75, 3.05) is 6.54 Å². The lowest BCUT2D eigenvalue weighted by molar-refractivity contribution is 0.261. The Hall–Kier alpha value is -1.02. The molecule has 0 heterocycles. The van der Waals surface area contributed by atoms with Gasteiger partial charge < -0.3 is 10.4 Å². The van der Waals surface area contributed by atoms with Gasteiger partial charge in [-0.3, -0.25) is 0 Å². The van der Waals surface area contributed by atoms with Crippen molar-refractivity contribution in [2.45, 2.75) is 51.5 Å². The lowest BCUT2D eigenvalue weighted by atomic mass is 9.80. The number of hydrogen-bond donors (Lipinski definition) is 2. The number of phenols is 1. The number of phenolic OH excluding ortho intramolecular Hbond substituents is 1. The van der Waals surface area contributed by atoms with E-state index in [1.54, 1.807) is 12.1 Å². The van der Waals surface area contributed by atoms with E-state index in [9.17, 15) is 5.11 Å². The van der Waals surface area contributed by atoms with Crippen LogP contribution in [0.1, 0.15) is 44.6 Å². The van der Waals surface area contributed by atoms with Crippen LogP contribution in [-0.4, -0.2) is 17.7 Å². The van der Waals surface area contributed by atoms with E-state index in [0.29, 0.717) is 11.8 Å². The van der Waals surface area contributed by atoms with Crippen molar-refractivity contribution < 1.29 is 5.11 Å². The third kappa shape index (κ3) is 3.74. The van der Waals surface area contributed by atoms with Crippen LogP contribution in [0.4, 0.5) is 0 Å². The molecule has 0 bridgehead atoms. The van der Waals surface area contributed by atoms with Gasteiger partial charge in [-0.2, -0.15) is 0 Å². The summed E-state index contributed by atoms with van der Waals surface area (Å²) in [6.07, 6.45) is 7.75. The van der Waals surface area contributed by atoms with E-state index in [4.69, 9.17) is 0 Å². The standard InChI is InChI=1S/C16H25NO/c1-2-11-17-16-6-4-3-5-14(16)12-13-7-9-15(18)10-8-13/h7-10,14,16-18H,2-6,11-12H2,1H3. The third-order valence-electron chi connectivity index (χ3n) is 4.00. The van der Waals surface area contributed by atoms with E-state index in [0.717, 1.165) is 18.9 Å². The molecule has 2 nitrogen and oxygen atoms in total.